The van der Waals surface area contributed by atoms with E-state index in [-0.39, 0.29) is 11.2 Å². The average Bonchev–Trinajstić information content (AvgIpc) is 2.56. The number of halogens is 1. The zero-order valence-electron chi connectivity index (χ0n) is 15.0. The molecule has 1 atom stereocenters. The average molecular weight is 365 g/mol. The van der Waals surface area contributed by atoms with E-state index in [1.54, 1.807) is 39.1 Å². The topological polar surface area (TPSA) is 63.1 Å². The maximum Gasteiger partial charge on any atom is 0.254 e. The van der Waals surface area contributed by atoms with E-state index in [0.717, 1.165) is 18.4 Å². The number of pyridine rings is 1. The smallest absolute Gasteiger partial charge is 0.254 e. The van der Waals surface area contributed by atoms with Crippen LogP contribution >= 0.6 is 0 Å². The Balaban J connectivity index is 2.42. The van der Waals surface area contributed by atoms with Crippen LogP contribution in [0.25, 0.3) is 0 Å². The lowest BCUT2D eigenvalue weighted by molar-refractivity contribution is 0.630. The van der Waals surface area contributed by atoms with Gasteiger partial charge in [0.05, 0.1) is 11.4 Å². The van der Waals surface area contributed by atoms with Crippen LogP contribution in [0.4, 0.5) is 21.6 Å². The first-order chi connectivity index (χ1) is 11.8. The van der Waals surface area contributed by atoms with Gasteiger partial charge >= 0.3 is 0 Å². The van der Waals surface area contributed by atoms with E-state index in [0.29, 0.717) is 22.8 Å². The summed E-state index contributed by atoms with van der Waals surface area (Å²) in [7, 11) is 0.331. The number of unbranched alkanes of at least 4 members (excludes halogenated alkanes) is 1. The molecule has 0 aliphatic heterocycles. The highest BCUT2D eigenvalue weighted by Gasteiger charge is 2.14. The van der Waals surface area contributed by atoms with E-state index in [1.807, 2.05) is 6.92 Å². The Bertz CT molecular complexity index is 849. The molecule has 2 aromatic rings. The fourth-order valence-corrected chi connectivity index (χ4v) is 3.47. The first-order valence-corrected chi connectivity index (χ1v) is 9.54. The summed E-state index contributed by atoms with van der Waals surface area (Å²) >= 11 is 0. The van der Waals surface area contributed by atoms with Gasteiger partial charge in [0, 0.05) is 18.4 Å². The van der Waals surface area contributed by atoms with Crippen molar-refractivity contribution in [1.29, 1.82) is 0 Å². The molecule has 0 saturated heterocycles. The fourth-order valence-electron chi connectivity index (χ4n) is 2.42. The van der Waals surface area contributed by atoms with E-state index in [2.05, 4.69) is 10.0 Å². The molecule has 0 spiro atoms. The first-order valence-electron chi connectivity index (χ1n) is 8.22. The maximum atomic E-state index is 14.2. The Morgan fingerprint density at radius 3 is 2.56 bits per heavy atom. The molecule has 136 valence electrons. The molecule has 1 heterocycles. The molecule has 0 bridgehead atoms. The van der Waals surface area contributed by atoms with Crippen LogP contribution in [-0.2, 0) is 18.0 Å². The second-order valence-corrected chi connectivity index (χ2v) is 7.37. The highest BCUT2D eigenvalue weighted by molar-refractivity contribution is 7.86. The summed E-state index contributed by atoms with van der Waals surface area (Å²) in [6.07, 6.45) is 1.78. The minimum atomic E-state index is -1.27. The van der Waals surface area contributed by atoms with Crippen molar-refractivity contribution < 1.29 is 8.60 Å². The molecule has 0 aliphatic rings. The minimum absolute atomic E-state index is 0.195. The molecular weight excluding hydrogens is 341 g/mol. The van der Waals surface area contributed by atoms with Crippen LogP contribution in [0.5, 0.6) is 0 Å². The first kappa shape index (κ1) is 19.2. The van der Waals surface area contributed by atoms with Crippen molar-refractivity contribution in [2.45, 2.75) is 33.6 Å². The van der Waals surface area contributed by atoms with Gasteiger partial charge in [-0.2, -0.15) is 0 Å². The van der Waals surface area contributed by atoms with E-state index < -0.39 is 16.8 Å². The van der Waals surface area contributed by atoms with E-state index in [9.17, 15) is 13.4 Å². The van der Waals surface area contributed by atoms with Crippen LogP contribution in [0.3, 0.4) is 0 Å². The van der Waals surface area contributed by atoms with Crippen LogP contribution in [0, 0.1) is 19.7 Å². The number of aromatic nitrogens is 1. The molecule has 2 rings (SSSR count). The summed E-state index contributed by atoms with van der Waals surface area (Å²) in [5.41, 5.74) is 1.90. The molecular formula is C18H24FN3O2S. The summed E-state index contributed by atoms with van der Waals surface area (Å²) in [6.45, 7) is 5.53. The van der Waals surface area contributed by atoms with Gasteiger partial charge in [0.25, 0.3) is 5.56 Å². The lowest BCUT2D eigenvalue weighted by Crippen LogP contribution is -2.24. The highest BCUT2D eigenvalue weighted by Crippen LogP contribution is 2.27. The number of hydrogen-bond donors (Lipinski definition) is 2. The summed E-state index contributed by atoms with van der Waals surface area (Å²) in [5, 5.41) is 2.96. The molecule has 0 radical (unpaired) electrons. The quantitative estimate of drug-likeness (QED) is 0.785. The van der Waals surface area contributed by atoms with Gasteiger partial charge < -0.3 is 10.0 Å². The second kappa shape index (κ2) is 8.29. The molecule has 0 aliphatic carbocycles. The van der Waals surface area contributed by atoms with Gasteiger partial charge in [-0.1, -0.05) is 19.4 Å². The van der Waals surface area contributed by atoms with Crippen LogP contribution in [0.2, 0.25) is 0 Å². The molecule has 5 nitrogen and oxygen atoms in total. The number of benzene rings is 1. The Morgan fingerprint density at radius 1 is 1.20 bits per heavy atom. The lowest BCUT2D eigenvalue weighted by Gasteiger charge is -2.18. The maximum absolute atomic E-state index is 14.2. The number of aryl methyl sites for hydroxylation is 2. The molecule has 1 aromatic carbocycles. The van der Waals surface area contributed by atoms with Crippen LogP contribution in [-0.4, -0.2) is 14.5 Å². The third kappa shape index (κ3) is 4.69. The van der Waals surface area contributed by atoms with Crippen molar-refractivity contribution >= 4 is 28.2 Å². The third-order valence-corrected chi connectivity index (χ3v) is 4.99. The summed E-state index contributed by atoms with van der Waals surface area (Å²) in [5.74, 6) is 0.478. The molecule has 0 amide bonds. The SMILES string of the molecule is CCCCS(=O)Nc1cc(C)c(=O)n(C)c1Nc1ccc(C)cc1F. The predicted octanol–water partition coefficient (Wildman–Crippen LogP) is 3.76. The van der Waals surface area contributed by atoms with Crippen molar-refractivity contribution in [3.05, 3.63) is 51.6 Å². The predicted molar refractivity (Wildman–Crippen MR) is 102 cm³/mol. The van der Waals surface area contributed by atoms with Gasteiger partial charge in [0.15, 0.2) is 0 Å². The van der Waals surface area contributed by atoms with Crippen LogP contribution in [0.1, 0.15) is 30.9 Å². The number of anilines is 3. The number of nitrogens with zero attached hydrogens (tertiary/aromatic N) is 1. The van der Waals surface area contributed by atoms with Crippen molar-refractivity contribution in [2.24, 2.45) is 7.05 Å². The number of hydrogen-bond acceptors (Lipinski definition) is 3. The number of rotatable bonds is 7. The standard InChI is InChI=1S/C18H24FN3O2S/c1-5-6-9-25(24)21-16-11-13(3)18(23)22(4)17(16)20-15-8-7-12(2)10-14(15)19/h7-8,10-11,20-21H,5-6,9H2,1-4H3. The van der Waals surface area contributed by atoms with Gasteiger partial charge in [-0.05, 0) is 44.0 Å². The normalized spacial score (nSPS) is 12.0. The molecule has 0 fully saturated rings. The Labute approximate surface area is 149 Å². The van der Waals surface area contributed by atoms with E-state index in [1.165, 1.54) is 10.6 Å². The number of nitrogens with one attached hydrogen (secondary N) is 2. The fraction of sp³-hybridized carbons (Fsp3) is 0.389. The molecule has 7 heteroatoms. The van der Waals surface area contributed by atoms with E-state index in [4.69, 9.17) is 0 Å². The Kier molecular flexibility index (Phi) is 6.36. The molecule has 1 aromatic heterocycles. The zero-order chi connectivity index (χ0) is 18.6. The van der Waals surface area contributed by atoms with E-state index >= 15 is 0 Å². The lowest BCUT2D eigenvalue weighted by atomic mass is 10.2. The largest absolute Gasteiger partial charge is 0.337 e. The molecule has 1 unspecified atom stereocenters. The van der Waals surface area contributed by atoms with Crippen molar-refractivity contribution in [3.63, 3.8) is 0 Å². The van der Waals surface area contributed by atoms with Gasteiger partial charge in [0.1, 0.15) is 22.6 Å². The second-order valence-electron chi connectivity index (χ2n) is 6.07. The summed E-state index contributed by atoms with van der Waals surface area (Å²) in [6, 6.07) is 6.46. The van der Waals surface area contributed by atoms with Crippen molar-refractivity contribution in [2.75, 3.05) is 15.8 Å². The Morgan fingerprint density at radius 2 is 1.92 bits per heavy atom. The summed E-state index contributed by atoms with van der Waals surface area (Å²) in [4.78, 5) is 12.3. The van der Waals surface area contributed by atoms with Gasteiger partial charge in [-0.25, -0.2) is 8.60 Å². The monoisotopic (exact) mass is 365 g/mol. The van der Waals surface area contributed by atoms with Crippen LogP contribution < -0.4 is 15.6 Å². The minimum Gasteiger partial charge on any atom is -0.337 e. The van der Waals surface area contributed by atoms with Crippen molar-refractivity contribution in [1.82, 2.24) is 4.57 Å². The molecule has 25 heavy (non-hydrogen) atoms. The third-order valence-electron chi connectivity index (χ3n) is 3.88. The van der Waals surface area contributed by atoms with Gasteiger partial charge in [-0.3, -0.25) is 9.36 Å². The van der Waals surface area contributed by atoms with Gasteiger partial charge in [-0.15, -0.1) is 0 Å². The Hall–Kier alpha value is -2.15. The molecule has 2 N–H and O–H groups in total. The van der Waals surface area contributed by atoms with Crippen LogP contribution in [0.15, 0.2) is 29.1 Å². The van der Waals surface area contributed by atoms with Gasteiger partial charge in [0.2, 0.25) is 0 Å². The molecule has 0 saturated carbocycles. The summed E-state index contributed by atoms with van der Waals surface area (Å²) < 4.78 is 30.7. The van der Waals surface area contributed by atoms with Crippen molar-refractivity contribution in [3.8, 4) is 0 Å². The highest BCUT2D eigenvalue weighted by atomic mass is 32.2. The zero-order valence-corrected chi connectivity index (χ0v) is 15.8.